The molecule has 100 valence electrons. The van der Waals surface area contributed by atoms with Crippen molar-refractivity contribution in [2.75, 3.05) is 13.7 Å². The molecular weight excluding hydrogens is 238 g/mol. The summed E-state index contributed by atoms with van der Waals surface area (Å²) in [7, 11) is 1.63. The summed E-state index contributed by atoms with van der Waals surface area (Å²) in [6, 6.07) is 18.3. The van der Waals surface area contributed by atoms with Crippen molar-refractivity contribution in [3.8, 4) is 5.75 Å². The van der Waals surface area contributed by atoms with E-state index in [2.05, 4.69) is 29.7 Å². The predicted octanol–water partition coefficient (Wildman–Crippen LogP) is 2.96. The van der Waals surface area contributed by atoms with Crippen molar-refractivity contribution in [3.63, 3.8) is 0 Å². The maximum atomic E-state index is 5.73. The first kappa shape index (κ1) is 13.6. The average molecular weight is 257 g/mol. The fourth-order valence-electron chi connectivity index (χ4n) is 1.79. The van der Waals surface area contributed by atoms with Gasteiger partial charge in [-0.3, -0.25) is 0 Å². The molecule has 19 heavy (non-hydrogen) atoms. The van der Waals surface area contributed by atoms with Gasteiger partial charge in [-0.25, -0.2) is 5.48 Å². The molecule has 0 saturated heterocycles. The van der Waals surface area contributed by atoms with E-state index in [1.54, 1.807) is 7.11 Å². The Kier molecular flexibility index (Phi) is 5.41. The highest BCUT2D eigenvalue weighted by atomic mass is 16.6. The summed E-state index contributed by atoms with van der Waals surface area (Å²) in [5.74, 6) is 0.896. The Hall–Kier alpha value is -1.84. The standard InChI is InChI=1S/C16H19NO2/c1-18-17-12-11-14-7-9-16(10-8-14)19-13-15-5-3-2-4-6-15/h2-10,17H,11-13H2,1H3. The van der Waals surface area contributed by atoms with Crippen LogP contribution in [0.4, 0.5) is 0 Å². The van der Waals surface area contributed by atoms with Crippen molar-refractivity contribution >= 4 is 0 Å². The number of rotatable bonds is 7. The summed E-state index contributed by atoms with van der Waals surface area (Å²) in [6.07, 6.45) is 0.937. The number of hydroxylamine groups is 1. The van der Waals surface area contributed by atoms with E-state index >= 15 is 0 Å². The molecule has 3 heteroatoms. The van der Waals surface area contributed by atoms with E-state index in [1.807, 2.05) is 30.3 Å². The van der Waals surface area contributed by atoms with Crippen LogP contribution >= 0.6 is 0 Å². The van der Waals surface area contributed by atoms with Gasteiger partial charge in [0.15, 0.2) is 0 Å². The number of ether oxygens (including phenoxy) is 1. The van der Waals surface area contributed by atoms with Crippen LogP contribution in [0.15, 0.2) is 54.6 Å². The lowest BCUT2D eigenvalue weighted by Crippen LogP contribution is -2.14. The molecule has 0 spiro atoms. The molecule has 2 rings (SSSR count). The lowest BCUT2D eigenvalue weighted by Gasteiger charge is -2.07. The number of hydrogen-bond donors (Lipinski definition) is 1. The third kappa shape index (κ3) is 4.73. The maximum Gasteiger partial charge on any atom is 0.119 e. The van der Waals surface area contributed by atoms with Gasteiger partial charge in [-0.1, -0.05) is 42.5 Å². The molecule has 0 amide bonds. The Morgan fingerprint density at radius 2 is 1.63 bits per heavy atom. The van der Waals surface area contributed by atoms with E-state index in [9.17, 15) is 0 Å². The van der Waals surface area contributed by atoms with Crippen LogP contribution in [0.5, 0.6) is 5.75 Å². The zero-order chi connectivity index (χ0) is 13.3. The molecule has 0 fully saturated rings. The van der Waals surface area contributed by atoms with Crippen LogP contribution in [0.3, 0.4) is 0 Å². The summed E-state index contributed by atoms with van der Waals surface area (Å²) in [5, 5.41) is 0. The molecule has 0 heterocycles. The fraction of sp³-hybridized carbons (Fsp3) is 0.250. The van der Waals surface area contributed by atoms with Crippen molar-refractivity contribution in [1.29, 1.82) is 0 Å². The van der Waals surface area contributed by atoms with Gasteiger partial charge in [0.1, 0.15) is 12.4 Å². The second-order valence-electron chi connectivity index (χ2n) is 4.27. The zero-order valence-electron chi connectivity index (χ0n) is 11.1. The first-order valence-electron chi connectivity index (χ1n) is 6.40. The summed E-state index contributed by atoms with van der Waals surface area (Å²) in [4.78, 5) is 4.80. The van der Waals surface area contributed by atoms with Crippen LogP contribution in [0.2, 0.25) is 0 Å². The lowest BCUT2D eigenvalue weighted by atomic mass is 10.1. The van der Waals surface area contributed by atoms with Gasteiger partial charge in [0, 0.05) is 6.54 Å². The van der Waals surface area contributed by atoms with Crippen LogP contribution in [-0.2, 0) is 17.9 Å². The Morgan fingerprint density at radius 1 is 0.895 bits per heavy atom. The molecule has 0 aliphatic carbocycles. The summed E-state index contributed by atoms with van der Waals surface area (Å²) < 4.78 is 5.73. The van der Waals surface area contributed by atoms with Crippen LogP contribution < -0.4 is 10.2 Å². The molecule has 0 radical (unpaired) electrons. The van der Waals surface area contributed by atoms with Crippen molar-refractivity contribution in [3.05, 3.63) is 65.7 Å². The highest BCUT2D eigenvalue weighted by Crippen LogP contribution is 2.14. The summed E-state index contributed by atoms with van der Waals surface area (Å²) >= 11 is 0. The highest BCUT2D eigenvalue weighted by Gasteiger charge is 1.97. The minimum Gasteiger partial charge on any atom is -0.489 e. The summed E-state index contributed by atoms with van der Waals surface area (Å²) in [6.45, 7) is 1.41. The third-order valence-corrected chi connectivity index (χ3v) is 2.83. The quantitative estimate of drug-likeness (QED) is 0.611. The highest BCUT2D eigenvalue weighted by molar-refractivity contribution is 5.28. The smallest absolute Gasteiger partial charge is 0.119 e. The fourth-order valence-corrected chi connectivity index (χ4v) is 1.79. The van der Waals surface area contributed by atoms with E-state index in [4.69, 9.17) is 9.57 Å². The number of benzene rings is 2. The molecule has 3 nitrogen and oxygen atoms in total. The molecule has 0 atom stereocenters. The van der Waals surface area contributed by atoms with Crippen molar-refractivity contribution in [2.45, 2.75) is 13.0 Å². The lowest BCUT2D eigenvalue weighted by molar-refractivity contribution is 0.0928. The summed E-state index contributed by atoms with van der Waals surface area (Å²) in [5.41, 5.74) is 5.26. The van der Waals surface area contributed by atoms with Crippen LogP contribution in [0.25, 0.3) is 0 Å². The Bertz CT molecular complexity index is 468. The van der Waals surface area contributed by atoms with E-state index in [-0.39, 0.29) is 0 Å². The monoisotopic (exact) mass is 257 g/mol. The normalized spacial score (nSPS) is 10.4. The second-order valence-corrected chi connectivity index (χ2v) is 4.27. The van der Waals surface area contributed by atoms with E-state index < -0.39 is 0 Å². The molecule has 0 unspecified atom stereocenters. The van der Waals surface area contributed by atoms with Crippen LogP contribution in [0.1, 0.15) is 11.1 Å². The first-order valence-corrected chi connectivity index (χ1v) is 6.40. The molecule has 1 N–H and O–H groups in total. The predicted molar refractivity (Wildman–Crippen MR) is 75.9 cm³/mol. The van der Waals surface area contributed by atoms with Gasteiger partial charge in [-0.15, -0.1) is 0 Å². The molecule has 0 aromatic heterocycles. The van der Waals surface area contributed by atoms with Crippen molar-refractivity contribution < 1.29 is 9.57 Å². The number of nitrogens with one attached hydrogen (secondary N) is 1. The van der Waals surface area contributed by atoms with Gasteiger partial charge >= 0.3 is 0 Å². The average Bonchev–Trinajstić information content (AvgIpc) is 2.48. The number of hydrogen-bond acceptors (Lipinski definition) is 3. The molecule has 0 aliphatic rings. The molecule has 2 aromatic carbocycles. The van der Waals surface area contributed by atoms with Gasteiger partial charge in [-0.2, -0.15) is 0 Å². The zero-order valence-corrected chi connectivity index (χ0v) is 11.1. The van der Waals surface area contributed by atoms with Gasteiger partial charge in [-0.05, 0) is 29.7 Å². The van der Waals surface area contributed by atoms with Crippen LogP contribution in [0, 0.1) is 0 Å². The third-order valence-electron chi connectivity index (χ3n) is 2.83. The Labute approximate surface area is 114 Å². The topological polar surface area (TPSA) is 30.5 Å². The molecular formula is C16H19NO2. The molecule has 0 saturated carbocycles. The second kappa shape index (κ2) is 7.56. The molecule has 2 aromatic rings. The minimum atomic E-state index is 0.603. The molecule has 0 aliphatic heterocycles. The van der Waals surface area contributed by atoms with Crippen LogP contribution in [-0.4, -0.2) is 13.7 Å². The van der Waals surface area contributed by atoms with Crippen molar-refractivity contribution in [2.24, 2.45) is 0 Å². The first-order chi connectivity index (χ1) is 9.38. The van der Waals surface area contributed by atoms with Gasteiger partial charge in [0.25, 0.3) is 0 Å². The largest absolute Gasteiger partial charge is 0.489 e. The Morgan fingerprint density at radius 3 is 2.32 bits per heavy atom. The minimum absolute atomic E-state index is 0.603. The van der Waals surface area contributed by atoms with Crippen molar-refractivity contribution in [1.82, 2.24) is 5.48 Å². The van der Waals surface area contributed by atoms with Gasteiger partial charge in [0.05, 0.1) is 7.11 Å². The van der Waals surface area contributed by atoms with Gasteiger partial charge < -0.3 is 9.57 Å². The van der Waals surface area contributed by atoms with E-state index in [0.717, 1.165) is 18.7 Å². The Balaban J connectivity index is 1.81. The van der Waals surface area contributed by atoms with E-state index in [1.165, 1.54) is 11.1 Å². The van der Waals surface area contributed by atoms with E-state index in [0.29, 0.717) is 6.61 Å². The maximum absolute atomic E-state index is 5.73. The SMILES string of the molecule is CONCCc1ccc(OCc2ccccc2)cc1. The van der Waals surface area contributed by atoms with Gasteiger partial charge in [0.2, 0.25) is 0 Å². The molecule has 0 bridgehead atoms.